The van der Waals surface area contributed by atoms with Crippen LogP contribution >= 0.6 is 11.3 Å². The number of aromatic carboxylic acids is 1. The molecule has 1 aliphatic carbocycles. The molecular weight excluding hydrogens is 490 g/mol. The molecule has 7 nitrogen and oxygen atoms in total. The molecular formula is C29H41NO6S. The molecule has 1 saturated heterocycles. The highest BCUT2D eigenvalue weighted by molar-refractivity contribution is 7.14. The van der Waals surface area contributed by atoms with E-state index in [9.17, 15) is 19.5 Å². The molecule has 1 saturated carbocycles. The van der Waals surface area contributed by atoms with Crippen molar-refractivity contribution in [2.45, 2.75) is 72.3 Å². The Hall–Kier alpha value is -2.21. The third-order valence-electron chi connectivity index (χ3n) is 7.42. The summed E-state index contributed by atoms with van der Waals surface area (Å²) in [5.74, 6) is 3.49. The molecule has 1 N–H and O–H groups in total. The third kappa shape index (κ3) is 7.43. The summed E-state index contributed by atoms with van der Waals surface area (Å²) in [5.41, 5.74) is 0.121. The van der Waals surface area contributed by atoms with Gasteiger partial charge in [-0.3, -0.25) is 9.59 Å². The number of rotatable bonds is 8. The van der Waals surface area contributed by atoms with E-state index in [0.29, 0.717) is 42.7 Å². The van der Waals surface area contributed by atoms with Crippen LogP contribution in [0.25, 0.3) is 0 Å². The fourth-order valence-corrected chi connectivity index (χ4v) is 6.09. The van der Waals surface area contributed by atoms with Crippen molar-refractivity contribution in [1.29, 1.82) is 0 Å². The molecule has 204 valence electrons. The van der Waals surface area contributed by atoms with Crippen LogP contribution in [-0.2, 0) is 19.1 Å². The van der Waals surface area contributed by atoms with Gasteiger partial charge in [0.2, 0.25) is 5.91 Å². The van der Waals surface area contributed by atoms with Crippen LogP contribution in [0.5, 0.6) is 0 Å². The van der Waals surface area contributed by atoms with Crippen LogP contribution in [0.2, 0.25) is 0 Å². The van der Waals surface area contributed by atoms with E-state index in [2.05, 4.69) is 18.8 Å². The van der Waals surface area contributed by atoms with Crippen molar-refractivity contribution in [3.05, 3.63) is 21.4 Å². The van der Waals surface area contributed by atoms with Crippen molar-refractivity contribution >= 4 is 29.0 Å². The topological polar surface area (TPSA) is 93.1 Å². The number of hydrogen-bond donors (Lipinski definition) is 1. The minimum absolute atomic E-state index is 0.0574. The van der Waals surface area contributed by atoms with Crippen molar-refractivity contribution in [3.63, 3.8) is 0 Å². The van der Waals surface area contributed by atoms with Crippen LogP contribution in [0.15, 0.2) is 6.07 Å². The summed E-state index contributed by atoms with van der Waals surface area (Å²) in [5, 5.41) is 10.2. The number of methoxy groups -OCH3 is 1. The van der Waals surface area contributed by atoms with Crippen molar-refractivity contribution in [2.75, 3.05) is 33.4 Å². The zero-order valence-corrected chi connectivity index (χ0v) is 23.8. The summed E-state index contributed by atoms with van der Waals surface area (Å²) in [6.07, 6.45) is 2.81. The molecule has 1 aliphatic heterocycles. The maximum absolute atomic E-state index is 14.3. The summed E-state index contributed by atoms with van der Waals surface area (Å²) in [6, 6.07) is 1.73. The predicted molar refractivity (Wildman–Crippen MR) is 144 cm³/mol. The zero-order valence-electron chi connectivity index (χ0n) is 23.0. The molecule has 2 aliphatic rings. The fourth-order valence-electron chi connectivity index (χ4n) is 5.19. The van der Waals surface area contributed by atoms with E-state index < -0.39 is 23.9 Å². The largest absolute Gasteiger partial charge is 0.477 e. The molecule has 1 aromatic rings. The molecule has 2 fully saturated rings. The molecule has 1 aromatic heterocycles. The molecule has 2 heterocycles. The summed E-state index contributed by atoms with van der Waals surface area (Å²) >= 11 is 1.07. The molecule has 8 heteroatoms. The zero-order chi connectivity index (χ0) is 27.3. The number of ether oxygens (including phenoxy) is 2. The van der Waals surface area contributed by atoms with E-state index in [1.54, 1.807) is 17.9 Å². The number of thiophene rings is 1. The van der Waals surface area contributed by atoms with Crippen molar-refractivity contribution in [1.82, 2.24) is 4.90 Å². The Morgan fingerprint density at radius 3 is 2.32 bits per heavy atom. The van der Waals surface area contributed by atoms with Gasteiger partial charge >= 0.3 is 5.97 Å². The number of ketones is 1. The van der Waals surface area contributed by atoms with Crippen molar-refractivity contribution in [3.8, 4) is 11.8 Å². The number of nitrogens with zero attached hydrogens (tertiary/aromatic N) is 1. The van der Waals surface area contributed by atoms with Gasteiger partial charge in [-0.2, -0.15) is 0 Å². The first kappa shape index (κ1) is 29.3. The van der Waals surface area contributed by atoms with E-state index in [1.165, 1.54) is 7.11 Å². The second-order valence-electron chi connectivity index (χ2n) is 11.4. The molecule has 3 atom stereocenters. The van der Waals surface area contributed by atoms with E-state index in [1.807, 2.05) is 20.8 Å². The highest BCUT2D eigenvalue weighted by atomic mass is 32.1. The summed E-state index contributed by atoms with van der Waals surface area (Å²) in [7, 11) is 1.53. The van der Waals surface area contributed by atoms with Crippen LogP contribution in [0.3, 0.4) is 0 Å². The van der Waals surface area contributed by atoms with E-state index >= 15 is 0 Å². The van der Waals surface area contributed by atoms with E-state index in [4.69, 9.17) is 9.47 Å². The number of carbonyl (C=O) groups excluding carboxylic acids is 2. The van der Waals surface area contributed by atoms with Gasteiger partial charge in [-0.25, -0.2) is 4.79 Å². The number of amides is 1. The number of Topliss-reactive ketones (excluding diaryl/α,β-unsaturated/α-hetero) is 1. The lowest BCUT2D eigenvalue weighted by Crippen LogP contribution is -2.50. The van der Waals surface area contributed by atoms with E-state index in [-0.39, 0.29) is 27.9 Å². The van der Waals surface area contributed by atoms with Gasteiger partial charge in [0, 0.05) is 31.5 Å². The average molecular weight is 532 g/mol. The first-order chi connectivity index (χ1) is 17.4. The van der Waals surface area contributed by atoms with Crippen LogP contribution < -0.4 is 0 Å². The van der Waals surface area contributed by atoms with Gasteiger partial charge in [0.25, 0.3) is 0 Å². The lowest BCUT2D eigenvalue weighted by molar-refractivity contribution is -0.148. The number of hydrogen-bond acceptors (Lipinski definition) is 6. The van der Waals surface area contributed by atoms with Crippen LogP contribution in [0, 0.1) is 35.0 Å². The SMILES string of the molecule is CO[C@H](C)[C@@H](C(=O)N1CCOCC1)C(C(=O)C1CCC(C)CC1)c1cc(C#CC(C)(C)C)sc1C(=O)O. The summed E-state index contributed by atoms with van der Waals surface area (Å²) in [6.45, 7) is 11.7. The Morgan fingerprint density at radius 2 is 1.78 bits per heavy atom. The number of carboxylic acid groups (broad SMARTS) is 1. The monoisotopic (exact) mass is 531 g/mol. The van der Waals surface area contributed by atoms with E-state index in [0.717, 1.165) is 37.0 Å². The fraction of sp³-hybridized carbons (Fsp3) is 0.690. The van der Waals surface area contributed by atoms with Gasteiger partial charge in [0.15, 0.2) is 0 Å². The van der Waals surface area contributed by atoms with Crippen molar-refractivity contribution < 1.29 is 29.0 Å². The molecule has 1 amide bonds. The summed E-state index contributed by atoms with van der Waals surface area (Å²) < 4.78 is 11.1. The Labute approximate surface area is 224 Å². The van der Waals surface area contributed by atoms with Crippen LogP contribution in [-0.4, -0.2) is 67.2 Å². The number of carboxylic acids is 1. The lowest BCUT2D eigenvalue weighted by atomic mass is 9.71. The van der Waals surface area contributed by atoms with Gasteiger partial charge in [-0.15, -0.1) is 11.3 Å². The Morgan fingerprint density at radius 1 is 1.16 bits per heavy atom. The van der Waals surface area contributed by atoms with Crippen LogP contribution in [0.4, 0.5) is 0 Å². The number of carbonyl (C=O) groups is 3. The van der Waals surface area contributed by atoms with Crippen molar-refractivity contribution in [2.24, 2.45) is 23.2 Å². The molecule has 0 aromatic carbocycles. The predicted octanol–water partition coefficient (Wildman–Crippen LogP) is 4.83. The smallest absolute Gasteiger partial charge is 0.346 e. The quantitative estimate of drug-likeness (QED) is 0.483. The Bertz CT molecular complexity index is 1030. The first-order valence-corrected chi connectivity index (χ1v) is 14.1. The van der Waals surface area contributed by atoms with Gasteiger partial charge in [0.05, 0.1) is 36.0 Å². The molecule has 0 spiro atoms. The maximum atomic E-state index is 14.3. The standard InChI is InChI=1S/C29H41NO6S/c1-18-7-9-20(10-8-18)25(31)24(23(19(2)35-6)27(32)30-13-15-36-16-14-30)22-17-21(11-12-29(3,4)5)37-26(22)28(33)34/h17-20,23-24H,7-10,13-16H2,1-6H3,(H,33,34)/t18?,19-,20?,23-,24?/m1/s1. The molecule has 0 radical (unpaired) electrons. The highest BCUT2D eigenvalue weighted by Crippen LogP contribution is 2.42. The second-order valence-corrected chi connectivity index (χ2v) is 12.5. The van der Waals surface area contributed by atoms with Gasteiger partial charge in [-0.1, -0.05) is 31.6 Å². The maximum Gasteiger partial charge on any atom is 0.346 e. The normalized spacial score (nSPS) is 22.9. The third-order valence-corrected chi connectivity index (χ3v) is 8.47. The molecule has 0 bridgehead atoms. The Kier molecular flexibility index (Phi) is 9.96. The number of morpholine rings is 1. The highest BCUT2D eigenvalue weighted by Gasteiger charge is 2.45. The van der Waals surface area contributed by atoms with Gasteiger partial charge in [-0.05, 0) is 58.1 Å². The minimum Gasteiger partial charge on any atom is -0.477 e. The van der Waals surface area contributed by atoms with Crippen LogP contribution in [0.1, 0.15) is 86.3 Å². The molecule has 37 heavy (non-hydrogen) atoms. The Balaban J connectivity index is 2.14. The molecule has 3 rings (SSSR count). The van der Waals surface area contributed by atoms with Gasteiger partial charge < -0.3 is 19.5 Å². The summed E-state index contributed by atoms with van der Waals surface area (Å²) in [4.78, 5) is 43.0. The van der Waals surface area contributed by atoms with Gasteiger partial charge in [0.1, 0.15) is 10.7 Å². The second kappa shape index (κ2) is 12.6. The minimum atomic E-state index is -1.11. The molecule has 1 unspecified atom stereocenters. The first-order valence-electron chi connectivity index (χ1n) is 13.3. The lowest BCUT2D eigenvalue weighted by Gasteiger charge is -2.37. The average Bonchev–Trinajstić information content (AvgIpc) is 3.29.